The maximum absolute atomic E-state index is 13.0. The zero-order valence-corrected chi connectivity index (χ0v) is 19.2. The van der Waals surface area contributed by atoms with Crippen LogP contribution in [0.5, 0.6) is 0 Å². The van der Waals surface area contributed by atoms with Crippen molar-refractivity contribution in [2.45, 2.75) is 13.8 Å². The first-order valence-electron chi connectivity index (χ1n) is 11.0. The number of pyridine rings is 1. The zero-order chi connectivity index (χ0) is 24.2. The minimum atomic E-state index is -0.339. The van der Waals surface area contributed by atoms with Crippen LogP contribution in [0.15, 0.2) is 85.3 Å². The molecule has 1 amide bonds. The van der Waals surface area contributed by atoms with Crippen LogP contribution in [0.3, 0.4) is 0 Å². The lowest BCUT2D eigenvalue weighted by Crippen LogP contribution is -2.14. The molecule has 9 heteroatoms. The van der Waals surface area contributed by atoms with Gasteiger partial charge in [-0.25, -0.2) is 9.97 Å². The summed E-state index contributed by atoms with van der Waals surface area (Å²) in [4.78, 5) is 27.5. The number of hydrogen-bond donors (Lipinski definition) is 2. The third-order valence-electron chi connectivity index (χ3n) is 5.34. The Morgan fingerprint density at radius 2 is 1.77 bits per heavy atom. The van der Waals surface area contributed by atoms with Gasteiger partial charge in [0.2, 0.25) is 5.95 Å². The zero-order valence-electron chi connectivity index (χ0n) is 19.2. The van der Waals surface area contributed by atoms with Crippen molar-refractivity contribution in [3.63, 3.8) is 0 Å². The molecule has 0 spiro atoms. The van der Waals surface area contributed by atoms with Crippen LogP contribution in [-0.2, 0) is 0 Å². The second-order valence-corrected chi connectivity index (χ2v) is 7.88. The molecule has 35 heavy (non-hydrogen) atoms. The fraction of sp³-hybridized carbons (Fsp3) is 0.0769. The fourth-order valence-electron chi connectivity index (χ4n) is 3.50. The number of nitrogens with zero attached hydrogens (tertiary/aromatic N) is 6. The van der Waals surface area contributed by atoms with Crippen molar-refractivity contribution in [2.24, 2.45) is 0 Å². The van der Waals surface area contributed by atoms with Gasteiger partial charge in [-0.3, -0.25) is 9.78 Å². The largest absolute Gasteiger partial charge is 0.324 e. The van der Waals surface area contributed by atoms with Crippen LogP contribution in [0.1, 0.15) is 21.7 Å². The Bertz CT molecular complexity index is 1480. The molecule has 5 rings (SSSR count). The molecule has 0 atom stereocenters. The number of carbonyl (C=O) groups is 1. The Balaban J connectivity index is 1.35. The molecule has 0 aliphatic carbocycles. The number of carbonyl (C=O) groups excluding carboxylic acids is 1. The van der Waals surface area contributed by atoms with Gasteiger partial charge in [-0.2, -0.15) is 9.90 Å². The second kappa shape index (κ2) is 9.52. The van der Waals surface area contributed by atoms with Gasteiger partial charge in [0.25, 0.3) is 5.91 Å². The molecule has 2 aromatic carbocycles. The Hall–Kier alpha value is -4.92. The van der Waals surface area contributed by atoms with Crippen molar-refractivity contribution in [1.82, 2.24) is 29.9 Å². The second-order valence-electron chi connectivity index (χ2n) is 7.88. The highest BCUT2D eigenvalue weighted by molar-refractivity contribution is 6.03. The molecule has 0 radical (unpaired) electrons. The number of para-hydroxylation sites is 1. The highest BCUT2D eigenvalue weighted by atomic mass is 16.2. The Morgan fingerprint density at radius 3 is 2.57 bits per heavy atom. The van der Waals surface area contributed by atoms with Crippen LogP contribution in [0.4, 0.5) is 17.3 Å². The number of rotatable bonds is 6. The number of anilines is 3. The number of nitrogens with one attached hydrogen (secondary N) is 2. The summed E-state index contributed by atoms with van der Waals surface area (Å²) < 4.78 is 0. The normalized spacial score (nSPS) is 10.7. The van der Waals surface area contributed by atoms with Gasteiger partial charge in [-0.05, 0) is 61.9 Å². The van der Waals surface area contributed by atoms with Crippen molar-refractivity contribution in [2.75, 3.05) is 10.6 Å². The molecule has 172 valence electrons. The SMILES string of the molecule is Cc1ccc(NC(=O)c2nn(-c3ccccc3)nc2C)cc1Nc1nccc(-c2cccnc2)n1. The molecular weight excluding hydrogens is 440 g/mol. The number of benzene rings is 2. The van der Waals surface area contributed by atoms with Crippen LogP contribution < -0.4 is 10.6 Å². The molecule has 0 aliphatic rings. The van der Waals surface area contributed by atoms with Crippen molar-refractivity contribution >= 4 is 23.2 Å². The Kier molecular flexibility index (Phi) is 5.96. The van der Waals surface area contributed by atoms with Crippen LogP contribution in [0.2, 0.25) is 0 Å². The van der Waals surface area contributed by atoms with Gasteiger partial charge in [-0.1, -0.05) is 24.3 Å². The van der Waals surface area contributed by atoms with E-state index in [0.717, 1.165) is 28.2 Å². The van der Waals surface area contributed by atoms with E-state index in [1.807, 2.05) is 73.7 Å². The molecule has 3 heterocycles. The minimum Gasteiger partial charge on any atom is -0.324 e. The van der Waals surface area contributed by atoms with Gasteiger partial charge in [0, 0.05) is 35.5 Å². The van der Waals surface area contributed by atoms with E-state index in [9.17, 15) is 4.79 Å². The highest BCUT2D eigenvalue weighted by Gasteiger charge is 2.17. The van der Waals surface area contributed by atoms with E-state index in [4.69, 9.17) is 0 Å². The number of hydrogen-bond acceptors (Lipinski definition) is 7. The average molecular weight is 463 g/mol. The van der Waals surface area contributed by atoms with Crippen molar-refractivity contribution in [3.8, 4) is 16.9 Å². The predicted octanol–water partition coefficient (Wildman–Crippen LogP) is 4.73. The predicted molar refractivity (Wildman–Crippen MR) is 134 cm³/mol. The van der Waals surface area contributed by atoms with Crippen molar-refractivity contribution in [3.05, 3.63) is 102 Å². The van der Waals surface area contributed by atoms with Crippen LogP contribution in [0, 0.1) is 13.8 Å². The van der Waals surface area contributed by atoms with Crippen LogP contribution in [0.25, 0.3) is 16.9 Å². The lowest BCUT2D eigenvalue weighted by molar-refractivity contribution is 0.102. The van der Waals surface area contributed by atoms with E-state index >= 15 is 0 Å². The third kappa shape index (κ3) is 4.88. The summed E-state index contributed by atoms with van der Waals surface area (Å²) in [6.07, 6.45) is 5.16. The summed E-state index contributed by atoms with van der Waals surface area (Å²) in [7, 11) is 0. The minimum absolute atomic E-state index is 0.261. The summed E-state index contributed by atoms with van der Waals surface area (Å²) in [5.74, 6) is 0.105. The van der Waals surface area contributed by atoms with Gasteiger partial charge in [0.05, 0.1) is 17.1 Å². The van der Waals surface area contributed by atoms with E-state index < -0.39 is 0 Å². The first kappa shape index (κ1) is 21.9. The van der Waals surface area contributed by atoms with E-state index in [2.05, 4.69) is 35.8 Å². The van der Waals surface area contributed by atoms with E-state index in [-0.39, 0.29) is 11.6 Å². The number of amides is 1. The first-order chi connectivity index (χ1) is 17.1. The number of aromatic nitrogens is 6. The molecule has 0 saturated carbocycles. The lowest BCUT2D eigenvalue weighted by atomic mass is 10.1. The monoisotopic (exact) mass is 462 g/mol. The van der Waals surface area contributed by atoms with E-state index in [0.29, 0.717) is 17.3 Å². The summed E-state index contributed by atoms with van der Waals surface area (Å²) >= 11 is 0. The Labute approximate surface area is 201 Å². The topological polar surface area (TPSA) is 111 Å². The van der Waals surface area contributed by atoms with E-state index in [1.54, 1.807) is 25.5 Å². The van der Waals surface area contributed by atoms with Crippen molar-refractivity contribution < 1.29 is 4.79 Å². The molecule has 0 aliphatic heterocycles. The van der Waals surface area contributed by atoms with Crippen LogP contribution in [-0.4, -0.2) is 35.9 Å². The van der Waals surface area contributed by atoms with Gasteiger partial charge in [-0.15, -0.1) is 5.10 Å². The molecule has 0 bridgehead atoms. The molecule has 0 fully saturated rings. The maximum atomic E-state index is 13.0. The molecule has 5 aromatic rings. The summed E-state index contributed by atoms with van der Waals surface area (Å²) in [5, 5.41) is 14.9. The molecule has 2 N–H and O–H groups in total. The molecule has 0 unspecified atom stereocenters. The van der Waals surface area contributed by atoms with Crippen molar-refractivity contribution in [1.29, 1.82) is 0 Å². The summed E-state index contributed by atoms with van der Waals surface area (Å²) in [6, 6.07) is 20.7. The quantitative estimate of drug-likeness (QED) is 0.375. The maximum Gasteiger partial charge on any atom is 0.278 e. The molecule has 9 nitrogen and oxygen atoms in total. The lowest BCUT2D eigenvalue weighted by Gasteiger charge is -2.12. The number of aryl methyl sites for hydroxylation is 2. The van der Waals surface area contributed by atoms with E-state index in [1.165, 1.54) is 4.80 Å². The highest BCUT2D eigenvalue weighted by Crippen LogP contribution is 2.24. The van der Waals surface area contributed by atoms with Gasteiger partial charge >= 0.3 is 0 Å². The van der Waals surface area contributed by atoms with Crippen LogP contribution >= 0.6 is 0 Å². The first-order valence-corrected chi connectivity index (χ1v) is 11.0. The standard InChI is InChI=1S/C26H22N8O/c1-17-10-11-20(29-25(35)24-18(2)32-34(33-24)21-8-4-3-5-9-21)15-23(17)31-26-28-14-12-22(30-26)19-7-6-13-27-16-19/h3-16H,1-2H3,(H,29,35)(H,28,30,31). The van der Waals surface area contributed by atoms with Gasteiger partial charge in [0.15, 0.2) is 5.69 Å². The van der Waals surface area contributed by atoms with Gasteiger partial charge < -0.3 is 10.6 Å². The average Bonchev–Trinajstić information content (AvgIpc) is 3.29. The Morgan fingerprint density at radius 1 is 0.914 bits per heavy atom. The summed E-state index contributed by atoms with van der Waals surface area (Å²) in [6.45, 7) is 3.73. The van der Waals surface area contributed by atoms with Gasteiger partial charge in [0.1, 0.15) is 0 Å². The molecular formula is C26H22N8O. The molecule has 3 aromatic heterocycles. The fourth-order valence-corrected chi connectivity index (χ4v) is 3.50. The smallest absolute Gasteiger partial charge is 0.278 e. The molecule has 0 saturated heterocycles. The third-order valence-corrected chi connectivity index (χ3v) is 5.34. The summed E-state index contributed by atoms with van der Waals surface area (Å²) in [5.41, 5.74) is 5.60.